The third kappa shape index (κ3) is 4.28. The van der Waals surface area contributed by atoms with E-state index >= 15 is 0 Å². The standard InChI is InChI=1S/C11H22N4O/c1-9(2)6-15-11(13-8-14-15)5-12-4-10(3)7-16/h8-10,12,16H,4-7H2,1-3H3. The van der Waals surface area contributed by atoms with Crippen LogP contribution in [-0.2, 0) is 13.1 Å². The number of aromatic nitrogens is 3. The molecule has 0 saturated carbocycles. The van der Waals surface area contributed by atoms with Gasteiger partial charge in [0.2, 0.25) is 0 Å². The molecule has 1 rings (SSSR count). The number of nitrogens with zero attached hydrogens (tertiary/aromatic N) is 3. The quantitative estimate of drug-likeness (QED) is 0.716. The molecular formula is C11H22N4O. The van der Waals surface area contributed by atoms with Crippen molar-refractivity contribution in [1.29, 1.82) is 0 Å². The van der Waals surface area contributed by atoms with Crippen molar-refractivity contribution in [3.05, 3.63) is 12.2 Å². The topological polar surface area (TPSA) is 63.0 Å². The van der Waals surface area contributed by atoms with Crippen LogP contribution in [0, 0.1) is 11.8 Å². The van der Waals surface area contributed by atoms with Gasteiger partial charge in [0.1, 0.15) is 12.2 Å². The SMILES string of the molecule is CC(C)Cn1ncnc1CNCC(C)CO. The van der Waals surface area contributed by atoms with E-state index in [2.05, 4.69) is 29.2 Å². The van der Waals surface area contributed by atoms with Crippen LogP contribution < -0.4 is 5.32 Å². The molecule has 5 nitrogen and oxygen atoms in total. The zero-order valence-corrected chi connectivity index (χ0v) is 10.3. The third-order valence-corrected chi connectivity index (χ3v) is 2.32. The molecule has 0 fully saturated rings. The summed E-state index contributed by atoms with van der Waals surface area (Å²) in [5.41, 5.74) is 0. The summed E-state index contributed by atoms with van der Waals surface area (Å²) in [6.07, 6.45) is 1.59. The van der Waals surface area contributed by atoms with Gasteiger partial charge in [-0.2, -0.15) is 5.10 Å². The van der Waals surface area contributed by atoms with Gasteiger partial charge in [-0.1, -0.05) is 20.8 Å². The van der Waals surface area contributed by atoms with Gasteiger partial charge in [0, 0.05) is 19.7 Å². The van der Waals surface area contributed by atoms with Crippen LogP contribution >= 0.6 is 0 Å². The molecule has 92 valence electrons. The lowest BCUT2D eigenvalue weighted by Crippen LogP contribution is -2.25. The van der Waals surface area contributed by atoms with Crippen LogP contribution in [0.25, 0.3) is 0 Å². The van der Waals surface area contributed by atoms with E-state index < -0.39 is 0 Å². The highest BCUT2D eigenvalue weighted by atomic mass is 16.3. The molecule has 0 radical (unpaired) electrons. The lowest BCUT2D eigenvalue weighted by molar-refractivity contribution is 0.233. The number of aliphatic hydroxyl groups excluding tert-OH is 1. The molecule has 1 atom stereocenters. The minimum absolute atomic E-state index is 0.214. The molecule has 2 N–H and O–H groups in total. The highest BCUT2D eigenvalue weighted by Crippen LogP contribution is 2.01. The maximum absolute atomic E-state index is 8.89. The second-order valence-corrected chi connectivity index (χ2v) is 4.67. The van der Waals surface area contributed by atoms with Crippen molar-refractivity contribution in [2.45, 2.75) is 33.9 Å². The zero-order chi connectivity index (χ0) is 12.0. The summed E-state index contributed by atoms with van der Waals surface area (Å²) < 4.78 is 1.93. The van der Waals surface area contributed by atoms with E-state index in [9.17, 15) is 0 Å². The lowest BCUT2D eigenvalue weighted by Gasteiger charge is -2.11. The number of nitrogens with one attached hydrogen (secondary N) is 1. The molecular weight excluding hydrogens is 204 g/mol. The molecule has 0 bridgehead atoms. The third-order valence-electron chi connectivity index (χ3n) is 2.32. The van der Waals surface area contributed by atoms with Gasteiger partial charge in [-0.15, -0.1) is 0 Å². The summed E-state index contributed by atoms with van der Waals surface area (Å²) in [6, 6.07) is 0. The van der Waals surface area contributed by atoms with Gasteiger partial charge in [-0.3, -0.25) is 0 Å². The molecule has 1 heterocycles. The van der Waals surface area contributed by atoms with E-state index in [0.29, 0.717) is 12.5 Å². The van der Waals surface area contributed by atoms with Gasteiger partial charge < -0.3 is 10.4 Å². The van der Waals surface area contributed by atoms with Gasteiger partial charge in [-0.05, 0) is 11.8 Å². The van der Waals surface area contributed by atoms with E-state index in [0.717, 1.165) is 18.9 Å². The molecule has 16 heavy (non-hydrogen) atoms. The first-order chi connectivity index (χ1) is 7.63. The summed E-state index contributed by atoms with van der Waals surface area (Å²) >= 11 is 0. The molecule has 0 amide bonds. The van der Waals surface area contributed by atoms with Crippen LogP contribution in [-0.4, -0.2) is 33.0 Å². The first-order valence-corrected chi connectivity index (χ1v) is 5.81. The first kappa shape index (κ1) is 13.1. The normalized spacial score (nSPS) is 13.3. The maximum Gasteiger partial charge on any atom is 0.140 e. The number of aliphatic hydroxyl groups is 1. The minimum Gasteiger partial charge on any atom is -0.396 e. The second-order valence-electron chi connectivity index (χ2n) is 4.67. The second kappa shape index (κ2) is 6.60. The Kier molecular flexibility index (Phi) is 5.42. The van der Waals surface area contributed by atoms with Crippen molar-refractivity contribution in [2.75, 3.05) is 13.2 Å². The van der Waals surface area contributed by atoms with Gasteiger partial charge in [-0.25, -0.2) is 9.67 Å². The van der Waals surface area contributed by atoms with Crippen LogP contribution in [0.5, 0.6) is 0 Å². The van der Waals surface area contributed by atoms with E-state index in [-0.39, 0.29) is 12.5 Å². The van der Waals surface area contributed by atoms with Gasteiger partial charge in [0.05, 0.1) is 6.54 Å². The summed E-state index contributed by atoms with van der Waals surface area (Å²) in [7, 11) is 0. The highest BCUT2D eigenvalue weighted by Gasteiger charge is 2.06. The van der Waals surface area contributed by atoms with Crippen molar-refractivity contribution in [3.63, 3.8) is 0 Å². The van der Waals surface area contributed by atoms with Gasteiger partial charge in [0.25, 0.3) is 0 Å². The Balaban J connectivity index is 2.38. The Labute approximate surface area is 96.9 Å². The lowest BCUT2D eigenvalue weighted by atomic mass is 10.2. The van der Waals surface area contributed by atoms with Crippen LogP contribution in [0.4, 0.5) is 0 Å². The molecule has 1 aromatic heterocycles. The van der Waals surface area contributed by atoms with Crippen LogP contribution in [0.1, 0.15) is 26.6 Å². The summed E-state index contributed by atoms with van der Waals surface area (Å²) in [5.74, 6) is 1.80. The average molecular weight is 226 g/mol. The van der Waals surface area contributed by atoms with E-state index in [1.54, 1.807) is 6.33 Å². The molecule has 0 aliphatic rings. The van der Waals surface area contributed by atoms with Crippen molar-refractivity contribution < 1.29 is 5.11 Å². The van der Waals surface area contributed by atoms with Gasteiger partial charge in [0.15, 0.2) is 0 Å². The van der Waals surface area contributed by atoms with E-state index in [1.165, 1.54) is 0 Å². The fourth-order valence-corrected chi connectivity index (χ4v) is 1.42. The molecule has 0 aromatic carbocycles. The van der Waals surface area contributed by atoms with Crippen LogP contribution in [0.15, 0.2) is 6.33 Å². The Morgan fingerprint density at radius 1 is 1.44 bits per heavy atom. The molecule has 0 spiro atoms. The van der Waals surface area contributed by atoms with Crippen LogP contribution in [0.2, 0.25) is 0 Å². The molecule has 1 unspecified atom stereocenters. The Morgan fingerprint density at radius 2 is 2.19 bits per heavy atom. The van der Waals surface area contributed by atoms with E-state index in [1.807, 2.05) is 11.6 Å². The maximum atomic E-state index is 8.89. The molecule has 1 aromatic rings. The van der Waals surface area contributed by atoms with Crippen molar-refractivity contribution in [1.82, 2.24) is 20.1 Å². The van der Waals surface area contributed by atoms with E-state index in [4.69, 9.17) is 5.11 Å². The number of rotatable bonds is 7. The molecule has 0 saturated heterocycles. The van der Waals surface area contributed by atoms with Crippen molar-refractivity contribution >= 4 is 0 Å². The molecule has 5 heteroatoms. The average Bonchev–Trinajstić information content (AvgIpc) is 2.64. The fraction of sp³-hybridized carbons (Fsp3) is 0.818. The van der Waals surface area contributed by atoms with Crippen molar-refractivity contribution in [3.8, 4) is 0 Å². The molecule has 0 aliphatic heterocycles. The molecule has 0 aliphatic carbocycles. The predicted molar refractivity (Wildman–Crippen MR) is 62.8 cm³/mol. The monoisotopic (exact) mass is 226 g/mol. The number of hydrogen-bond donors (Lipinski definition) is 2. The predicted octanol–water partition coefficient (Wildman–Crippen LogP) is 0.652. The highest BCUT2D eigenvalue weighted by molar-refractivity contribution is 4.84. The minimum atomic E-state index is 0.214. The Morgan fingerprint density at radius 3 is 2.81 bits per heavy atom. The largest absolute Gasteiger partial charge is 0.396 e. The van der Waals surface area contributed by atoms with Crippen molar-refractivity contribution in [2.24, 2.45) is 11.8 Å². The van der Waals surface area contributed by atoms with Gasteiger partial charge >= 0.3 is 0 Å². The Hall–Kier alpha value is -0.940. The van der Waals surface area contributed by atoms with Crippen LogP contribution in [0.3, 0.4) is 0 Å². The summed E-state index contributed by atoms with van der Waals surface area (Å²) in [5, 5.41) is 16.4. The summed E-state index contributed by atoms with van der Waals surface area (Å²) in [6.45, 7) is 8.94. The number of hydrogen-bond acceptors (Lipinski definition) is 4. The first-order valence-electron chi connectivity index (χ1n) is 5.81. The Bertz CT molecular complexity index is 298. The zero-order valence-electron chi connectivity index (χ0n) is 10.3. The fourth-order valence-electron chi connectivity index (χ4n) is 1.42. The smallest absolute Gasteiger partial charge is 0.140 e. The summed E-state index contributed by atoms with van der Waals surface area (Å²) in [4.78, 5) is 4.22.